The molecule has 0 N–H and O–H groups in total. The van der Waals surface area contributed by atoms with Gasteiger partial charge in [-0.25, -0.2) is 4.98 Å². The van der Waals surface area contributed by atoms with E-state index in [1.54, 1.807) is 0 Å². The molecule has 4 heteroatoms. The molecule has 0 bridgehead atoms. The third-order valence-electron chi connectivity index (χ3n) is 1.75. The lowest BCUT2D eigenvalue weighted by atomic mass is 10.3. The highest BCUT2D eigenvalue weighted by Crippen LogP contribution is 2.18. The molecule has 0 spiro atoms. The molecule has 0 atom stereocenters. The van der Waals surface area contributed by atoms with E-state index in [0.29, 0.717) is 5.03 Å². The van der Waals surface area contributed by atoms with Crippen molar-refractivity contribution in [2.24, 2.45) is 0 Å². The highest BCUT2D eigenvalue weighted by molar-refractivity contribution is 7.99. The van der Waals surface area contributed by atoms with E-state index in [1.165, 1.54) is 23.1 Å². The smallest absolute Gasteiger partial charge is 0.265 e. The lowest BCUT2D eigenvalue weighted by molar-refractivity contribution is 1.17. The molecule has 0 amide bonds. The molecule has 1 aromatic carbocycles. The molecule has 0 saturated heterocycles. The number of hydrogen-bond donors (Lipinski definition) is 0. The molecule has 2 nitrogen and oxygen atoms in total. The Morgan fingerprint density at radius 1 is 1.43 bits per heavy atom. The van der Waals surface area contributed by atoms with Crippen LogP contribution in [0.2, 0.25) is 0 Å². The van der Waals surface area contributed by atoms with Crippen LogP contribution in [-0.2, 0) is 0 Å². The lowest BCUT2D eigenvalue weighted by Crippen LogP contribution is -2.01. The van der Waals surface area contributed by atoms with E-state index in [9.17, 15) is 4.79 Å². The number of para-hydroxylation sites is 1. The molecule has 0 unspecified atom stereocenters. The van der Waals surface area contributed by atoms with Gasteiger partial charge in [-0.1, -0.05) is 30.4 Å². The largest absolute Gasteiger partial charge is 0.275 e. The fourth-order valence-corrected chi connectivity index (χ4v) is 2.72. The summed E-state index contributed by atoms with van der Waals surface area (Å²) in [6.45, 7) is 2.02. The first kappa shape index (κ1) is 9.68. The van der Waals surface area contributed by atoms with E-state index in [-0.39, 0.29) is 4.74 Å². The summed E-state index contributed by atoms with van der Waals surface area (Å²) in [4.78, 5) is 15.9. The topological polar surface area (TPSA) is 30.0 Å². The summed E-state index contributed by atoms with van der Waals surface area (Å²) in [5.41, 5.74) is 0.910. The van der Waals surface area contributed by atoms with Crippen molar-refractivity contribution >= 4 is 33.3 Å². The highest BCUT2D eigenvalue weighted by atomic mass is 32.2. The van der Waals surface area contributed by atoms with Crippen molar-refractivity contribution in [2.75, 3.05) is 5.75 Å². The molecule has 2 aromatic rings. The number of aromatic nitrogens is 1. The van der Waals surface area contributed by atoms with Crippen LogP contribution in [0.5, 0.6) is 0 Å². The second-order valence-corrected chi connectivity index (χ2v) is 4.97. The van der Waals surface area contributed by atoms with Gasteiger partial charge in [0.15, 0.2) is 5.03 Å². The quantitative estimate of drug-likeness (QED) is 0.733. The number of hydrogen-bond acceptors (Lipinski definition) is 4. The molecular weight excluding hydrogens is 214 g/mol. The predicted octanol–water partition coefficient (Wildman–Crippen LogP) is 2.77. The fraction of sp³-hybridized carbons (Fsp3) is 0.200. The Bertz CT molecular complexity index is 507. The van der Waals surface area contributed by atoms with Crippen LogP contribution in [0.3, 0.4) is 0 Å². The minimum absolute atomic E-state index is 0.0653. The molecule has 0 aliphatic carbocycles. The Kier molecular flexibility index (Phi) is 2.84. The van der Waals surface area contributed by atoms with Gasteiger partial charge in [0.1, 0.15) is 0 Å². The van der Waals surface area contributed by atoms with Crippen LogP contribution in [0, 0.1) is 0 Å². The minimum atomic E-state index is 0.0653. The Labute approximate surface area is 90.0 Å². The highest BCUT2D eigenvalue weighted by Gasteiger charge is 2.03. The molecule has 0 radical (unpaired) electrons. The lowest BCUT2D eigenvalue weighted by Gasteiger charge is -1.98. The molecule has 1 aromatic heterocycles. The number of fused-ring (bicyclic) bond motifs is 1. The van der Waals surface area contributed by atoms with Gasteiger partial charge in [-0.2, -0.15) is 0 Å². The first-order valence-electron chi connectivity index (χ1n) is 4.34. The van der Waals surface area contributed by atoms with Crippen LogP contribution in [0.1, 0.15) is 6.92 Å². The molecule has 0 aliphatic rings. The maximum Gasteiger partial charge on any atom is 0.265 e. The maximum atomic E-state index is 11.6. The summed E-state index contributed by atoms with van der Waals surface area (Å²) in [5, 5.41) is 0.621. The van der Waals surface area contributed by atoms with Crippen LogP contribution < -0.4 is 4.74 Å². The van der Waals surface area contributed by atoms with Gasteiger partial charge in [0.25, 0.3) is 4.74 Å². The summed E-state index contributed by atoms with van der Waals surface area (Å²) in [7, 11) is 0. The zero-order valence-electron chi connectivity index (χ0n) is 7.69. The fourth-order valence-electron chi connectivity index (χ4n) is 1.16. The molecule has 1 heterocycles. The van der Waals surface area contributed by atoms with Gasteiger partial charge < -0.3 is 0 Å². The van der Waals surface area contributed by atoms with Crippen LogP contribution >= 0.6 is 23.1 Å². The van der Waals surface area contributed by atoms with E-state index >= 15 is 0 Å². The van der Waals surface area contributed by atoms with Gasteiger partial charge in [-0.05, 0) is 17.9 Å². The molecular formula is C10H9NOS2. The Morgan fingerprint density at radius 2 is 2.21 bits per heavy atom. The average Bonchev–Trinajstić information content (AvgIpc) is 2.19. The standard InChI is InChI=1S/C10H9NOS2/c1-2-13-9-10(12)14-8-6-4-3-5-7(8)11-9/h3-6H,2H2,1H3. The number of nitrogens with zero attached hydrogens (tertiary/aromatic N) is 1. The predicted molar refractivity (Wildman–Crippen MR) is 62.3 cm³/mol. The van der Waals surface area contributed by atoms with Gasteiger partial charge in [0, 0.05) is 0 Å². The Balaban J connectivity index is 2.65. The van der Waals surface area contributed by atoms with Crippen LogP contribution in [0.15, 0.2) is 34.1 Å². The molecule has 72 valence electrons. The number of thioether (sulfide) groups is 1. The first-order chi connectivity index (χ1) is 6.81. The zero-order chi connectivity index (χ0) is 9.97. The van der Waals surface area contributed by atoms with Crippen molar-refractivity contribution in [3.05, 3.63) is 33.8 Å². The van der Waals surface area contributed by atoms with Crippen molar-refractivity contribution in [3.8, 4) is 0 Å². The minimum Gasteiger partial charge on any atom is -0.275 e. The van der Waals surface area contributed by atoms with Crippen molar-refractivity contribution in [1.29, 1.82) is 0 Å². The first-order valence-corrected chi connectivity index (χ1v) is 6.14. The van der Waals surface area contributed by atoms with Gasteiger partial charge in [-0.15, -0.1) is 11.8 Å². The zero-order valence-corrected chi connectivity index (χ0v) is 9.32. The number of benzene rings is 1. The second-order valence-electron chi connectivity index (χ2n) is 2.71. The monoisotopic (exact) mass is 223 g/mol. The van der Waals surface area contributed by atoms with Crippen LogP contribution in [-0.4, -0.2) is 10.7 Å². The summed E-state index contributed by atoms with van der Waals surface area (Å²) >= 11 is 2.77. The van der Waals surface area contributed by atoms with E-state index in [4.69, 9.17) is 0 Å². The third-order valence-corrected chi connectivity index (χ3v) is 3.66. The van der Waals surface area contributed by atoms with E-state index in [2.05, 4.69) is 4.98 Å². The summed E-state index contributed by atoms with van der Waals surface area (Å²) < 4.78 is 1.02. The van der Waals surface area contributed by atoms with E-state index < -0.39 is 0 Å². The summed E-state index contributed by atoms with van der Waals surface area (Å²) in [5.74, 6) is 0.882. The maximum absolute atomic E-state index is 11.6. The average molecular weight is 223 g/mol. The molecule has 2 rings (SSSR count). The Hall–Kier alpha value is -0.870. The molecule has 14 heavy (non-hydrogen) atoms. The molecule has 0 saturated carbocycles. The van der Waals surface area contributed by atoms with Crippen molar-refractivity contribution < 1.29 is 0 Å². The third kappa shape index (κ3) is 1.81. The Morgan fingerprint density at radius 3 is 3.00 bits per heavy atom. The van der Waals surface area contributed by atoms with Gasteiger partial charge in [0.2, 0.25) is 0 Å². The van der Waals surface area contributed by atoms with Crippen molar-refractivity contribution in [3.63, 3.8) is 0 Å². The number of rotatable bonds is 2. The van der Waals surface area contributed by atoms with Crippen molar-refractivity contribution in [1.82, 2.24) is 4.98 Å². The van der Waals surface area contributed by atoms with E-state index in [1.807, 2.05) is 31.2 Å². The van der Waals surface area contributed by atoms with Gasteiger partial charge in [-0.3, -0.25) is 4.79 Å². The second kappa shape index (κ2) is 4.11. The summed E-state index contributed by atoms with van der Waals surface area (Å²) in [6.07, 6.45) is 0. The van der Waals surface area contributed by atoms with Gasteiger partial charge >= 0.3 is 0 Å². The van der Waals surface area contributed by atoms with E-state index in [0.717, 1.165) is 16.0 Å². The van der Waals surface area contributed by atoms with Crippen LogP contribution in [0.4, 0.5) is 0 Å². The summed E-state index contributed by atoms with van der Waals surface area (Å²) in [6, 6.07) is 7.72. The molecule has 0 fully saturated rings. The normalized spacial score (nSPS) is 10.6. The van der Waals surface area contributed by atoms with Crippen molar-refractivity contribution in [2.45, 2.75) is 11.9 Å². The van der Waals surface area contributed by atoms with Crippen LogP contribution in [0.25, 0.3) is 10.2 Å². The molecule has 0 aliphatic heterocycles. The van der Waals surface area contributed by atoms with Gasteiger partial charge in [0.05, 0.1) is 10.2 Å². The SMILES string of the molecule is CCSc1nc2ccccc2sc1=O.